The van der Waals surface area contributed by atoms with Gasteiger partial charge in [-0.05, 0) is 18.6 Å². The van der Waals surface area contributed by atoms with Crippen LogP contribution in [0.25, 0.3) is 11.0 Å². The van der Waals surface area contributed by atoms with Gasteiger partial charge in [0, 0.05) is 25.4 Å². The molecule has 0 fully saturated rings. The van der Waals surface area contributed by atoms with Crippen molar-refractivity contribution in [3.8, 4) is 5.75 Å². The molecule has 0 saturated carbocycles. The standard InChI is InChI=1S/C14H13NO5/c1-7-4-12(18)20-14-9(7)5-11(15(3)8(2)17)13(19)10(14)6-16/h4-6,19H,1-3H3. The molecule has 104 valence electrons. The first kappa shape index (κ1) is 13.8. The van der Waals surface area contributed by atoms with Gasteiger partial charge >= 0.3 is 5.63 Å². The van der Waals surface area contributed by atoms with Crippen molar-refractivity contribution in [1.82, 2.24) is 0 Å². The Kier molecular flexibility index (Phi) is 3.31. The highest BCUT2D eigenvalue weighted by Gasteiger charge is 2.20. The van der Waals surface area contributed by atoms with Gasteiger partial charge in [-0.1, -0.05) is 0 Å². The second kappa shape index (κ2) is 4.80. The third kappa shape index (κ3) is 2.05. The molecule has 1 amide bonds. The lowest BCUT2D eigenvalue weighted by Gasteiger charge is -2.18. The number of nitrogens with zero attached hydrogens (tertiary/aromatic N) is 1. The maximum absolute atomic E-state index is 11.4. The molecule has 1 aromatic heterocycles. The maximum atomic E-state index is 11.4. The van der Waals surface area contributed by atoms with Crippen molar-refractivity contribution in [2.24, 2.45) is 0 Å². The molecule has 2 rings (SSSR count). The van der Waals surface area contributed by atoms with Crippen LogP contribution in [0.4, 0.5) is 5.69 Å². The Morgan fingerprint density at radius 2 is 2.05 bits per heavy atom. The summed E-state index contributed by atoms with van der Waals surface area (Å²) in [6, 6.07) is 2.79. The van der Waals surface area contributed by atoms with E-state index in [-0.39, 0.29) is 28.5 Å². The van der Waals surface area contributed by atoms with E-state index in [1.165, 1.54) is 31.0 Å². The summed E-state index contributed by atoms with van der Waals surface area (Å²) in [5.41, 5.74) is 0.0429. The van der Waals surface area contributed by atoms with E-state index in [1.807, 2.05) is 0 Å². The molecule has 0 aliphatic heterocycles. The van der Waals surface area contributed by atoms with Gasteiger partial charge in [0.2, 0.25) is 5.91 Å². The topological polar surface area (TPSA) is 87.8 Å². The van der Waals surface area contributed by atoms with Gasteiger partial charge in [0.05, 0.1) is 5.69 Å². The van der Waals surface area contributed by atoms with Crippen LogP contribution in [0, 0.1) is 6.92 Å². The lowest BCUT2D eigenvalue weighted by atomic mass is 10.0. The normalized spacial score (nSPS) is 10.6. The van der Waals surface area contributed by atoms with Crippen molar-refractivity contribution in [3.63, 3.8) is 0 Å². The number of carbonyl (C=O) groups excluding carboxylic acids is 2. The molecule has 1 aromatic carbocycles. The number of phenolic OH excluding ortho intramolecular Hbond substituents is 1. The minimum absolute atomic E-state index is 0.0169. The van der Waals surface area contributed by atoms with Crippen LogP contribution in [0.15, 0.2) is 21.3 Å². The van der Waals surface area contributed by atoms with Gasteiger partial charge in [-0.25, -0.2) is 4.79 Å². The summed E-state index contributed by atoms with van der Waals surface area (Å²) in [6.07, 6.45) is 0.400. The molecule has 0 bridgehead atoms. The molecule has 20 heavy (non-hydrogen) atoms. The second-order valence-electron chi connectivity index (χ2n) is 4.48. The average molecular weight is 275 g/mol. The van der Waals surface area contributed by atoms with E-state index in [0.717, 1.165) is 0 Å². The van der Waals surface area contributed by atoms with Crippen LogP contribution in [-0.4, -0.2) is 24.3 Å². The van der Waals surface area contributed by atoms with Crippen molar-refractivity contribution in [2.45, 2.75) is 13.8 Å². The van der Waals surface area contributed by atoms with Crippen LogP contribution >= 0.6 is 0 Å². The third-order valence-corrected chi connectivity index (χ3v) is 3.18. The molecular weight excluding hydrogens is 262 g/mol. The first-order valence-corrected chi connectivity index (χ1v) is 5.86. The molecular formula is C14H13NO5. The molecule has 1 heterocycles. The molecule has 6 nitrogen and oxygen atoms in total. The molecule has 0 atom stereocenters. The fourth-order valence-corrected chi connectivity index (χ4v) is 1.98. The lowest BCUT2D eigenvalue weighted by molar-refractivity contribution is -0.116. The summed E-state index contributed by atoms with van der Waals surface area (Å²) < 4.78 is 4.99. The Hall–Kier alpha value is -2.63. The SMILES string of the molecule is CC(=O)N(C)c1cc2c(C)cc(=O)oc2c(C=O)c1O. The largest absolute Gasteiger partial charge is 0.505 e. The molecule has 0 unspecified atom stereocenters. The molecule has 0 aliphatic rings. The second-order valence-corrected chi connectivity index (χ2v) is 4.48. The number of hydrogen-bond donors (Lipinski definition) is 1. The van der Waals surface area contributed by atoms with E-state index in [1.54, 1.807) is 6.92 Å². The molecule has 2 aromatic rings. The Bertz CT molecular complexity index is 775. The van der Waals surface area contributed by atoms with Crippen molar-refractivity contribution in [2.75, 3.05) is 11.9 Å². The zero-order valence-corrected chi connectivity index (χ0v) is 11.3. The monoisotopic (exact) mass is 275 g/mol. The molecule has 0 radical (unpaired) electrons. The quantitative estimate of drug-likeness (QED) is 0.664. The minimum Gasteiger partial charge on any atom is -0.505 e. The Labute approximate surface area is 114 Å². The van der Waals surface area contributed by atoms with Crippen molar-refractivity contribution in [1.29, 1.82) is 0 Å². The molecule has 1 N–H and O–H groups in total. The molecule has 0 aliphatic carbocycles. The van der Waals surface area contributed by atoms with Crippen LogP contribution in [0.3, 0.4) is 0 Å². The van der Waals surface area contributed by atoms with E-state index in [0.29, 0.717) is 17.2 Å². The highest BCUT2D eigenvalue weighted by atomic mass is 16.4. The van der Waals surface area contributed by atoms with Crippen LogP contribution in [0.5, 0.6) is 5.75 Å². The van der Waals surface area contributed by atoms with Gasteiger partial charge in [-0.3, -0.25) is 9.59 Å². The van der Waals surface area contributed by atoms with E-state index in [4.69, 9.17) is 4.42 Å². The van der Waals surface area contributed by atoms with E-state index in [9.17, 15) is 19.5 Å². The summed E-state index contributed by atoms with van der Waals surface area (Å²) in [4.78, 5) is 35.2. The number of hydrogen-bond acceptors (Lipinski definition) is 5. The number of aldehydes is 1. The van der Waals surface area contributed by atoms with Gasteiger partial charge < -0.3 is 14.4 Å². The minimum atomic E-state index is -0.606. The number of phenols is 1. The van der Waals surface area contributed by atoms with E-state index < -0.39 is 5.63 Å². The number of aryl methyl sites for hydroxylation is 1. The fraction of sp³-hybridized carbons (Fsp3) is 0.214. The van der Waals surface area contributed by atoms with Gasteiger partial charge in [-0.15, -0.1) is 0 Å². The van der Waals surface area contributed by atoms with Crippen molar-refractivity contribution >= 4 is 28.8 Å². The first-order chi connectivity index (χ1) is 9.36. The number of carbonyl (C=O) groups is 2. The zero-order valence-electron chi connectivity index (χ0n) is 11.3. The number of anilines is 1. The third-order valence-electron chi connectivity index (χ3n) is 3.18. The average Bonchev–Trinajstić information content (AvgIpc) is 2.37. The number of amides is 1. The highest BCUT2D eigenvalue weighted by molar-refractivity contribution is 6.05. The molecule has 0 spiro atoms. The van der Waals surface area contributed by atoms with Crippen molar-refractivity contribution in [3.05, 3.63) is 33.7 Å². The van der Waals surface area contributed by atoms with E-state index >= 15 is 0 Å². The maximum Gasteiger partial charge on any atom is 0.336 e. The van der Waals surface area contributed by atoms with Gasteiger partial charge in [0.25, 0.3) is 0 Å². The highest BCUT2D eigenvalue weighted by Crippen LogP contribution is 2.36. The molecule has 6 heteroatoms. The molecule has 0 saturated heterocycles. The lowest BCUT2D eigenvalue weighted by Crippen LogP contribution is -2.23. The number of benzene rings is 1. The Morgan fingerprint density at radius 1 is 1.40 bits per heavy atom. The number of rotatable bonds is 2. The van der Waals surface area contributed by atoms with Crippen LogP contribution in [0.1, 0.15) is 22.8 Å². The van der Waals surface area contributed by atoms with Crippen LogP contribution in [-0.2, 0) is 4.79 Å². The van der Waals surface area contributed by atoms with Gasteiger partial charge in [-0.2, -0.15) is 0 Å². The number of fused-ring (bicyclic) bond motifs is 1. The predicted octanol–water partition coefficient (Wildman–Crippen LogP) is 1.60. The Balaban J connectivity index is 2.94. The zero-order chi connectivity index (χ0) is 15.0. The number of aromatic hydroxyl groups is 1. The van der Waals surface area contributed by atoms with Crippen LogP contribution < -0.4 is 10.5 Å². The summed E-state index contributed by atoms with van der Waals surface area (Å²) in [6.45, 7) is 3.02. The van der Waals surface area contributed by atoms with Crippen molar-refractivity contribution < 1.29 is 19.1 Å². The van der Waals surface area contributed by atoms with Gasteiger partial charge in [0.15, 0.2) is 17.6 Å². The van der Waals surface area contributed by atoms with Gasteiger partial charge in [0.1, 0.15) is 5.56 Å². The van der Waals surface area contributed by atoms with E-state index in [2.05, 4.69) is 0 Å². The first-order valence-electron chi connectivity index (χ1n) is 5.86. The fourth-order valence-electron chi connectivity index (χ4n) is 1.98. The summed E-state index contributed by atoms with van der Waals surface area (Å²) >= 11 is 0. The Morgan fingerprint density at radius 3 is 2.60 bits per heavy atom. The van der Waals surface area contributed by atoms with Crippen LogP contribution in [0.2, 0.25) is 0 Å². The summed E-state index contributed by atoms with van der Waals surface area (Å²) in [5.74, 6) is -0.689. The summed E-state index contributed by atoms with van der Waals surface area (Å²) in [5, 5.41) is 10.6. The predicted molar refractivity (Wildman–Crippen MR) is 73.4 cm³/mol. The smallest absolute Gasteiger partial charge is 0.336 e. The summed E-state index contributed by atoms with van der Waals surface area (Å²) in [7, 11) is 1.48.